The number of para-hydroxylation sites is 1. The molecule has 0 aromatic heterocycles. The minimum Gasteiger partial charge on any atom is -0.504 e. The van der Waals surface area contributed by atoms with Crippen LogP contribution in [0.25, 0.3) is 0 Å². The van der Waals surface area contributed by atoms with Crippen molar-refractivity contribution in [3.05, 3.63) is 59.7 Å². The van der Waals surface area contributed by atoms with Crippen LogP contribution in [0.15, 0.2) is 48.5 Å². The number of hydrogen-bond acceptors (Lipinski definition) is 4. The lowest BCUT2D eigenvalue weighted by Gasteiger charge is -2.17. The van der Waals surface area contributed by atoms with E-state index in [-0.39, 0.29) is 17.9 Å². The van der Waals surface area contributed by atoms with Gasteiger partial charge in [0, 0.05) is 0 Å². The molecule has 0 heterocycles. The molecule has 0 saturated carbocycles. The first-order chi connectivity index (χ1) is 10.1. The predicted octanol–water partition coefficient (Wildman–Crippen LogP) is 1.43. The Morgan fingerprint density at radius 1 is 1.05 bits per heavy atom. The summed E-state index contributed by atoms with van der Waals surface area (Å²) in [6.07, 6.45) is 0.475. The molecular weight excluding hydrogens is 270 g/mol. The van der Waals surface area contributed by atoms with E-state index in [1.54, 1.807) is 0 Å². The molecule has 0 spiro atoms. The number of rotatable bonds is 5. The first-order valence-electron chi connectivity index (χ1n) is 6.58. The maximum absolute atomic E-state index is 12.1. The van der Waals surface area contributed by atoms with E-state index in [1.807, 2.05) is 30.3 Å². The zero-order valence-corrected chi connectivity index (χ0v) is 11.4. The second-order valence-corrected chi connectivity index (χ2v) is 4.72. The van der Waals surface area contributed by atoms with Gasteiger partial charge in [0.1, 0.15) is 0 Å². The Labute approximate surface area is 122 Å². The van der Waals surface area contributed by atoms with Crippen molar-refractivity contribution < 1.29 is 20.1 Å². The first kappa shape index (κ1) is 14.9. The molecule has 0 aliphatic rings. The van der Waals surface area contributed by atoms with Crippen molar-refractivity contribution >= 4 is 5.91 Å². The number of aliphatic hydroxyl groups excluding tert-OH is 1. The zero-order chi connectivity index (χ0) is 15.2. The number of aromatic hydroxyl groups is 2. The topological polar surface area (TPSA) is 89.8 Å². The number of phenolic OH excluding ortho intramolecular Hbond substituents is 2. The molecule has 2 aromatic rings. The number of hydrogen-bond donors (Lipinski definition) is 4. The maximum atomic E-state index is 12.1. The highest BCUT2D eigenvalue weighted by Crippen LogP contribution is 2.28. The summed E-state index contributed by atoms with van der Waals surface area (Å²) in [5.41, 5.74) is 0.957. The Balaban J connectivity index is 2.08. The molecule has 1 atom stereocenters. The van der Waals surface area contributed by atoms with Crippen LogP contribution in [0.1, 0.15) is 15.9 Å². The van der Waals surface area contributed by atoms with Gasteiger partial charge >= 0.3 is 0 Å². The average molecular weight is 287 g/mol. The Bertz CT molecular complexity index is 613. The minimum atomic E-state index is -0.543. The SMILES string of the molecule is O=C(N[C@@H](CO)Cc1ccccc1)c1cccc(O)c1O. The quantitative estimate of drug-likeness (QED) is 0.626. The monoisotopic (exact) mass is 287 g/mol. The summed E-state index contributed by atoms with van der Waals surface area (Å²) in [6, 6.07) is 13.2. The molecule has 4 N–H and O–H groups in total. The number of nitrogens with one attached hydrogen (secondary N) is 1. The third-order valence-electron chi connectivity index (χ3n) is 3.14. The standard InChI is InChI=1S/C16H17NO4/c18-10-12(9-11-5-2-1-3-6-11)17-16(21)13-7-4-8-14(19)15(13)20/h1-8,12,18-20H,9-10H2,(H,17,21)/t12-/m1/s1. The van der Waals surface area contributed by atoms with E-state index >= 15 is 0 Å². The lowest BCUT2D eigenvalue weighted by atomic mass is 10.1. The van der Waals surface area contributed by atoms with Crippen LogP contribution in [0.5, 0.6) is 11.5 Å². The van der Waals surface area contributed by atoms with Crippen LogP contribution in [-0.2, 0) is 6.42 Å². The van der Waals surface area contributed by atoms with Crippen LogP contribution in [0.4, 0.5) is 0 Å². The summed E-state index contributed by atoms with van der Waals surface area (Å²) in [6.45, 7) is -0.222. The lowest BCUT2D eigenvalue weighted by Crippen LogP contribution is -2.39. The van der Waals surface area contributed by atoms with E-state index in [9.17, 15) is 20.1 Å². The van der Waals surface area contributed by atoms with E-state index in [0.29, 0.717) is 6.42 Å². The zero-order valence-electron chi connectivity index (χ0n) is 11.4. The molecule has 1 amide bonds. The highest BCUT2D eigenvalue weighted by Gasteiger charge is 2.17. The normalized spacial score (nSPS) is 11.9. The Hall–Kier alpha value is -2.53. The third-order valence-corrected chi connectivity index (χ3v) is 3.14. The van der Waals surface area contributed by atoms with Crippen LogP contribution in [0.3, 0.4) is 0 Å². The summed E-state index contributed by atoms with van der Waals surface area (Å²) in [7, 11) is 0. The van der Waals surface area contributed by atoms with Crippen LogP contribution in [0.2, 0.25) is 0 Å². The van der Waals surface area contributed by atoms with Crippen LogP contribution in [-0.4, -0.2) is 33.9 Å². The second-order valence-electron chi connectivity index (χ2n) is 4.72. The van der Waals surface area contributed by atoms with E-state index in [4.69, 9.17) is 0 Å². The van der Waals surface area contributed by atoms with E-state index in [0.717, 1.165) is 5.56 Å². The summed E-state index contributed by atoms with van der Waals surface area (Å²) in [5, 5.41) is 31.1. The smallest absolute Gasteiger partial charge is 0.255 e. The van der Waals surface area contributed by atoms with Gasteiger partial charge in [0.2, 0.25) is 0 Å². The van der Waals surface area contributed by atoms with E-state index < -0.39 is 17.7 Å². The van der Waals surface area contributed by atoms with Gasteiger partial charge in [-0.05, 0) is 24.1 Å². The van der Waals surface area contributed by atoms with Crippen molar-refractivity contribution in [1.82, 2.24) is 5.32 Å². The molecular formula is C16H17NO4. The molecule has 5 nitrogen and oxygen atoms in total. The molecule has 21 heavy (non-hydrogen) atoms. The van der Waals surface area contributed by atoms with Gasteiger partial charge in [-0.25, -0.2) is 0 Å². The minimum absolute atomic E-state index is 0.0264. The van der Waals surface area contributed by atoms with Gasteiger partial charge < -0.3 is 20.6 Å². The number of carbonyl (C=O) groups excluding carboxylic acids is 1. The molecule has 5 heteroatoms. The van der Waals surface area contributed by atoms with Gasteiger partial charge in [0.05, 0.1) is 18.2 Å². The van der Waals surface area contributed by atoms with E-state index in [1.165, 1.54) is 18.2 Å². The average Bonchev–Trinajstić information content (AvgIpc) is 2.50. The largest absolute Gasteiger partial charge is 0.504 e. The fourth-order valence-electron chi connectivity index (χ4n) is 2.04. The lowest BCUT2D eigenvalue weighted by molar-refractivity contribution is 0.0913. The number of aliphatic hydroxyl groups is 1. The summed E-state index contributed by atoms with van der Waals surface area (Å²) in [5.74, 6) is -1.36. The Kier molecular flexibility index (Phi) is 4.79. The fourth-order valence-corrected chi connectivity index (χ4v) is 2.04. The first-order valence-corrected chi connectivity index (χ1v) is 6.58. The van der Waals surface area contributed by atoms with Gasteiger partial charge in [-0.3, -0.25) is 4.79 Å². The Morgan fingerprint density at radius 3 is 2.43 bits per heavy atom. The van der Waals surface area contributed by atoms with Crippen molar-refractivity contribution in [1.29, 1.82) is 0 Å². The molecule has 0 unspecified atom stereocenters. The predicted molar refractivity (Wildman–Crippen MR) is 78.3 cm³/mol. The summed E-state index contributed by atoms with van der Waals surface area (Å²) < 4.78 is 0. The molecule has 0 fully saturated rings. The molecule has 0 radical (unpaired) electrons. The molecule has 0 aliphatic heterocycles. The van der Waals surface area contributed by atoms with E-state index in [2.05, 4.69) is 5.32 Å². The van der Waals surface area contributed by atoms with Crippen molar-refractivity contribution in [2.24, 2.45) is 0 Å². The Morgan fingerprint density at radius 2 is 1.76 bits per heavy atom. The third kappa shape index (κ3) is 3.73. The maximum Gasteiger partial charge on any atom is 0.255 e. The number of phenols is 2. The molecule has 0 aliphatic carbocycles. The number of carbonyl (C=O) groups is 1. The van der Waals surface area contributed by atoms with Gasteiger partial charge in [0.25, 0.3) is 5.91 Å². The van der Waals surface area contributed by atoms with Gasteiger partial charge in [-0.2, -0.15) is 0 Å². The fraction of sp³-hybridized carbons (Fsp3) is 0.188. The molecule has 110 valence electrons. The van der Waals surface area contributed by atoms with Gasteiger partial charge in [0.15, 0.2) is 11.5 Å². The highest BCUT2D eigenvalue weighted by molar-refractivity contribution is 5.97. The van der Waals surface area contributed by atoms with Gasteiger partial charge in [-0.15, -0.1) is 0 Å². The van der Waals surface area contributed by atoms with Crippen LogP contribution >= 0.6 is 0 Å². The summed E-state index contributed by atoms with van der Waals surface area (Å²) >= 11 is 0. The molecule has 2 rings (SSSR count). The number of benzene rings is 2. The van der Waals surface area contributed by atoms with Gasteiger partial charge in [-0.1, -0.05) is 36.4 Å². The van der Waals surface area contributed by atoms with Crippen molar-refractivity contribution in [2.75, 3.05) is 6.61 Å². The van der Waals surface area contributed by atoms with Crippen molar-refractivity contribution in [3.8, 4) is 11.5 Å². The van der Waals surface area contributed by atoms with Crippen LogP contribution < -0.4 is 5.32 Å². The van der Waals surface area contributed by atoms with Crippen molar-refractivity contribution in [3.63, 3.8) is 0 Å². The number of amides is 1. The molecule has 2 aromatic carbocycles. The summed E-state index contributed by atoms with van der Waals surface area (Å²) in [4.78, 5) is 12.1. The van der Waals surface area contributed by atoms with Crippen molar-refractivity contribution in [2.45, 2.75) is 12.5 Å². The highest BCUT2D eigenvalue weighted by atomic mass is 16.3. The molecule has 0 saturated heterocycles. The molecule has 0 bridgehead atoms. The second kappa shape index (κ2) is 6.76. The van der Waals surface area contributed by atoms with Crippen LogP contribution in [0, 0.1) is 0 Å².